The summed E-state index contributed by atoms with van der Waals surface area (Å²) in [4.78, 5) is 0. The summed E-state index contributed by atoms with van der Waals surface area (Å²) >= 11 is 0. The van der Waals surface area contributed by atoms with Gasteiger partial charge in [0.1, 0.15) is 0 Å². The fourth-order valence-corrected chi connectivity index (χ4v) is 2.48. The Morgan fingerprint density at radius 1 is 1.39 bits per heavy atom. The molecular weight excluding hydrogens is 226 g/mol. The van der Waals surface area contributed by atoms with Crippen molar-refractivity contribution < 1.29 is 5.11 Å². The molecule has 1 aromatic heterocycles. The monoisotopic (exact) mass is 253 g/mol. The van der Waals surface area contributed by atoms with E-state index in [0.29, 0.717) is 6.54 Å². The van der Waals surface area contributed by atoms with Gasteiger partial charge in [0, 0.05) is 24.2 Å². The van der Waals surface area contributed by atoms with Crippen LogP contribution in [-0.2, 0) is 19.4 Å². The van der Waals surface area contributed by atoms with Crippen LogP contribution < -0.4 is 5.73 Å². The van der Waals surface area contributed by atoms with Gasteiger partial charge in [-0.05, 0) is 32.3 Å². The molecule has 4 nitrogen and oxygen atoms in total. The molecule has 0 saturated carbocycles. The van der Waals surface area contributed by atoms with Crippen molar-refractivity contribution in [2.45, 2.75) is 53.0 Å². The van der Waals surface area contributed by atoms with E-state index in [1.54, 1.807) is 0 Å². The van der Waals surface area contributed by atoms with Crippen molar-refractivity contribution in [2.24, 2.45) is 11.1 Å². The summed E-state index contributed by atoms with van der Waals surface area (Å²) in [6.45, 7) is 7.88. The third kappa shape index (κ3) is 3.33. The molecule has 18 heavy (non-hydrogen) atoms. The first-order chi connectivity index (χ1) is 8.64. The minimum atomic E-state index is -0.188. The third-order valence-electron chi connectivity index (χ3n) is 3.68. The molecule has 0 aliphatic heterocycles. The van der Waals surface area contributed by atoms with Gasteiger partial charge in [-0.1, -0.05) is 20.3 Å². The number of hydrogen-bond donors (Lipinski definition) is 2. The van der Waals surface area contributed by atoms with Gasteiger partial charge < -0.3 is 10.8 Å². The van der Waals surface area contributed by atoms with E-state index in [1.807, 2.05) is 4.68 Å². The number of nitrogens with zero attached hydrogens (tertiary/aromatic N) is 2. The fourth-order valence-electron chi connectivity index (χ4n) is 2.48. The van der Waals surface area contributed by atoms with Crippen LogP contribution in [0.3, 0.4) is 0 Å². The third-order valence-corrected chi connectivity index (χ3v) is 3.68. The first-order valence-corrected chi connectivity index (χ1v) is 7.01. The van der Waals surface area contributed by atoms with Gasteiger partial charge in [-0.25, -0.2) is 0 Å². The van der Waals surface area contributed by atoms with Crippen molar-refractivity contribution in [3.8, 4) is 0 Å². The summed E-state index contributed by atoms with van der Waals surface area (Å²) in [5.74, 6) is 0. The predicted octanol–water partition coefficient (Wildman–Crippen LogP) is 1.75. The summed E-state index contributed by atoms with van der Waals surface area (Å²) in [7, 11) is 0. The standard InChI is InChI=1S/C14H27N3O/c1-4-7-14(10-15,11-18)9-13-8-12(5-2)16-17(13)6-3/h8,18H,4-7,9-11,15H2,1-3H3. The van der Waals surface area contributed by atoms with Gasteiger partial charge in [0.15, 0.2) is 0 Å². The van der Waals surface area contributed by atoms with Crippen LogP contribution in [0.1, 0.15) is 45.0 Å². The van der Waals surface area contributed by atoms with Gasteiger partial charge in [0.25, 0.3) is 0 Å². The Kier molecular flexibility index (Phi) is 5.82. The van der Waals surface area contributed by atoms with Gasteiger partial charge in [-0.2, -0.15) is 5.10 Å². The SMILES string of the molecule is CCCC(CN)(CO)Cc1cc(CC)nn1CC. The van der Waals surface area contributed by atoms with Crippen molar-refractivity contribution in [2.75, 3.05) is 13.2 Å². The zero-order valence-corrected chi connectivity index (χ0v) is 11.9. The number of nitrogens with two attached hydrogens (primary N) is 1. The maximum Gasteiger partial charge on any atom is 0.0624 e. The van der Waals surface area contributed by atoms with Crippen LogP contribution in [0.25, 0.3) is 0 Å². The van der Waals surface area contributed by atoms with Crippen molar-refractivity contribution in [1.82, 2.24) is 9.78 Å². The van der Waals surface area contributed by atoms with Crippen LogP contribution >= 0.6 is 0 Å². The fraction of sp³-hybridized carbons (Fsp3) is 0.786. The predicted molar refractivity (Wildman–Crippen MR) is 74.5 cm³/mol. The Hall–Kier alpha value is -0.870. The maximum atomic E-state index is 9.69. The van der Waals surface area contributed by atoms with Crippen LogP contribution in [0.5, 0.6) is 0 Å². The number of aryl methyl sites for hydroxylation is 2. The smallest absolute Gasteiger partial charge is 0.0624 e. The highest BCUT2D eigenvalue weighted by Crippen LogP contribution is 2.27. The molecule has 4 heteroatoms. The molecule has 0 amide bonds. The van der Waals surface area contributed by atoms with Crippen molar-refractivity contribution in [3.63, 3.8) is 0 Å². The highest BCUT2D eigenvalue weighted by molar-refractivity contribution is 5.13. The molecule has 1 atom stereocenters. The molecule has 0 aliphatic carbocycles. The molecule has 1 aromatic rings. The highest BCUT2D eigenvalue weighted by Gasteiger charge is 2.28. The summed E-state index contributed by atoms with van der Waals surface area (Å²) in [6.07, 6.45) is 3.76. The lowest BCUT2D eigenvalue weighted by molar-refractivity contribution is 0.118. The van der Waals surface area contributed by atoms with Crippen LogP contribution in [0.4, 0.5) is 0 Å². The number of hydrogen-bond acceptors (Lipinski definition) is 3. The molecule has 0 aromatic carbocycles. The normalized spacial score (nSPS) is 14.7. The second-order valence-corrected chi connectivity index (χ2v) is 5.09. The second kappa shape index (κ2) is 6.90. The van der Waals surface area contributed by atoms with E-state index >= 15 is 0 Å². The highest BCUT2D eigenvalue weighted by atomic mass is 16.3. The molecule has 1 unspecified atom stereocenters. The van der Waals surface area contributed by atoms with Crippen LogP contribution in [0, 0.1) is 5.41 Å². The number of aliphatic hydroxyl groups excluding tert-OH is 1. The van der Waals surface area contributed by atoms with E-state index < -0.39 is 0 Å². The Bertz CT molecular complexity index is 356. The van der Waals surface area contributed by atoms with Crippen molar-refractivity contribution in [3.05, 3.63) is 17.5 Å². The van der Waals surface area contributed by atoms with E-state index in [9.17, 15) is 5.11 Å². The topological polar surface area (TPSA) is 64.1 Å². The Morgan fingerprint density at radius 3 is 2.56 bits per heavy atom. The van der Waals surface area contributed by atoms with E-state index in [4.69, 9.17) is 5.73 Å². The number of aromatic nitrogens is 2. The van der Waals surface area contributed by atoms with Crippen molar-refractivity contribution >= 4 is 0 Å². The molecule has 104 valence electrons. The number of aliphatic hydroxyl groups is 1. The molecule has 0 fully saturated rings. The lowest BCUT2D eigenvalue weighted by Crippen LogP contribution is -2.37. The van der Waals surface area contributed by atoms with E-state index in [1.165, 1.54) is 5.69 Å². The number of rotatable bonds is 8. The van der Waals surface area contributed by atoms with Gasteiger partial charge in [-0.15, -0.1) is 0 Å². The lowest BCUT2D eigenvalue weighted by Gasteiger charge is -2.30. The molecule has 0 bridgehead atoms. The van der Waals surface area contributed by atoms with Crippen LogP contribution in [-0.4, -0.2) is 28.0 Å². The summed E-state index contributed by atoms with van der Waals surface area (Å²) < 4.78 is 2.04. The van der Waals surface area contributed by atoms with E-state index in [0.717, 1.165) is 37.9 Å². The van der Waals surface area contributed by atoms with E-state index in [-0.39, 0.29) is 12.0 Å². The quantitative estimate of drug-likeness (QED) is 0.742. The molecule has 0 aliphatic rings. The lowest BCUT2D eigenvalue weighted by atomic mass is 9.80. The summed E-state index contributed by atoms with van der Waals surface area (Å²) in [5, 5.41) is 14.2. The summed E-state index contributed by atoms with van der Waals surface area (Å²) in [6, 6.07) is 2.15. The zero-order chi connectivity index (χ0) is 13.6. The molecule has 0 saturated heterocycles. The van der Waals surface area contributed by atoms with Gasteiger partial charge in [0.05, 0.1) is 12.3 Å². The van der Waals surface area contributed by atoms with Crippen molar-refractivity contribution in [1.29, 1.82) is 0 Å². The molecule has 3 N–H and O–H groups in total. The zero-order valence-electron chi connectivity index (χ0n) is 11.9. The Balaban J connectivity index is 2.95. The summed E-state index contributed by atoms with van der Waals surface area (Å²) in [5.41, 5.74) is 8.02. The Morgan fingerprint density at radius 2 is 2.11 bits per heavy atom. The molecule has 1 rings (SSSR count). The largest absolute Gasteiger partial charge is 0.396 e. The first-order valence-electron chi connectivity index (χ1n) is 7.01. The van der Waals surface area contributed by atoms with E-state index in [2.05, 4.69) is 31.9 Å². The van der Waals surface area contributed by atoms with Crippen LogP contribution in [0.2, 0.25) is 0 Å². The molecule has 0 radical (unpaired) electrons. The molecular formula is C14H27N3O. The van der Waals surface area contributed by atoms with Gasteiger partial charge in [-0.3, -0.25) is 4.68 Å². The Labute approximate surface area is 110 Å². The maximum absolute atomic E-state index is 9.69. The first kappa shape index (κ1) is 15.2. The minimum Gasteiger partial charge on any atom is -0.396 e. The van der Waals surface area contributed by atoms with Gasteiger partial charge >= 0.3 is 0 Å². The van der Waals surface area contributed by atoms with Crippen LogP contribution in [0.15, 0.2) is 6.07 Å². The minimum absolute atomic E-state index is 0.147. The average molecular weight is 253 g/mol. The molecule has 1 heterocycles. The average Bonchev–Trinajstić information content (AvgIpc) is 2.80. The second-order valence-electron chi connectivity index (χ2n) is 5.09. The van der Waals surface area contributed by atoms with Gasteiger partial charge in [0.2, 0.25) is 0 Å². The molecule has 0 spiro atoms.